The van der Waals surface area contributed by atoms with E-state index >= 15 is 0 Å². The third-order valence-electron chi connectivity index (χ3n) is 4.79. The van der Waals surface area contributed by atoms with Crippen molar-refractivity contribution in [3.8, 4) is 5.88 Å². The second kappa shape index (κ2) is 7.39. The number of ether oxygens (including phenoxy) is 1. The zero-order valence-electron chi connectivity index (χ0n) is 15.6. The molecule has 4 rings (SSSR count). The molecule has 0 saturated carbocycles. The summed E-state index contributed by atoms with van der Waals surface area (Å²) in [5.74, 6) is 0.884. The zero-order chi connectivity index (χ0) is 19.1. The van der Waals surface area contributed by atoms with Crippen molar-refractivity contribution in [2.75, 3.05) is 13.1 Å². The summed E-state index contributed by atoms with van der Waals surface area (Å²) in [7, 11) is 0. The minimum Gasteiger partial charge on any atom is -0.492 e. The molecule has 3 aromatic rings. The first-order chi connectivity index (χ1) is 13.0. The number of benzene rings is 1. The number of aryl methyl sites for hydroxylation is 1. The first-order valence-corrected chi connectivity index (χ1v) is 10.4. The lowest BCUT2D eigenvalue weighted by molar-refractivity contribution is -0.0764. The van der Waals surface area contributed by atoms with E-state index in [1.165, 1.54) is 11.3 Å². The van der Waals surface area contributed by atoms with E-state index in [2.05, 4.69) is 28.8 Å². The van der Waals surface area contributed by atoms with Crippen molar-refractivity contribution in [3.63, 3.8) is 0 Å². The number of hydrogen-bond acceptors (Lipinski definition) is 6. The second-order valence-corrected chi connectivity index (χ2v) is 8.48. The number of aromatic nitrogens is 3. The summed E-state index contributed by atoms with van der Waals surface area (Å²) in [6.07, 6.45) is 0.970. The lowest BCUT2D eigenvalue weighted by Gasteiger charge is -2.40. The average Bonchev–Trinajstić information content (AvgIpc) is 3.14. The van der Waals surface area contributed by atoms with Gasteiger partial charge in [-0.2, -0.15) is 4.52 Å². The molecule has 27 heavy (non-hydrogen) atoms. The Hall–Kier alpha value is -1.67. The van der Waals surface area contributed by atoms with Gasteiger partial charge in [0.25, 0.3) is 0 Å². The van der Waals surface area contributed by atoms with Crippen molar-refractivity contribution >= 4 is 27.9 Å². The molecule has 1 N–H and O–H groups in total. The van der Waals surface area contributed by atoms with E-state index in [9.17, 15) is 5.11 Å². The fourth-order valence-corrected chi connectivity index (χ4v) is 5.09. The molecule has 3 unspecified atom stereocenters. The van der Waals surface area contributed by atoms with Crippen LogP contribution in [0, 0.1) is 0 Å². The highest BCUT2D eigenvalue weighted by molar-refractivity contribution is 7.17. The van der Waals surface area contributed by atoms with Crippen LogP contribution in [0.3, 0.4) is 0 Å². The van der Waals surface area contributed by atoms with Crippen molar-refractivity contribution in [2.45, 2.75) is 45.4 Å². The van der Waals surface area contributed by atoms with E-state index in [0.717, 1.165) is 35.8 Å². The summed E-state index contributed by atoms with van der Waals surface area (Å²) in [5.41, 5.74) is 1.04. The highest BCUT2D eigenvalue weighted by Crippen LogP contribution is 2.41. The van der Waals surface area contributed by atoms with Crippen molar-refractivity contribution in [1.29, 1.82) is 0 Å². The Morgan fingerprint density at radius 1 is 1.33 bits per heavy atom. The lowest BCUT2D eigenvalue weighted by atomic mass is 10.0. The maximum Gasteiger partial charge on any atom is 0.230 e. The summed E-state index contributed by atoms with van der Waals surface area (Å²) < 4.78 is 7.46. The quantitative estimate of drug-likeness (QED) is 0.711. The number of aromatic hydroxyl groups is 1. The Kier molecular flexibility index (Phi) is 5.11. The van der Waals surface area contributed by atoms with Gasteiger partial charge in [0.1, 0.15) is 0 Å². The number of nitrogens with zero attached hydrogens (tertiary/aromatic N) is 4. The molecule has 0 aliphatic carbocycles. The smallest absolute Gasteiger partial charge is 0.230 e. The number of fused-ring (bicyclic) bond motifs is 1. The molecule has 0 amide bonds. The van der Waals surface area contributed by atoms with E-state index in [1.54, 1.807) is 4.52 Å². The van der Waals surface area contributed by atoms with Crippen molar-refractivity contribution in [1.82, 2.24) is 19.5 Å². The Balaban J connectivity index is 1.82. The van der Waals surface area contributed by atoms with E-state index in [0.29, 0.717) is 9.98 Å². The normalized spacial score (nSPS) is 22.4. The van der Waals surface area contributed by atoms with Crippen LogP contribution < -0.4 is 0 Å². The molecule has 0 spiro atoms. The predicted octanol–water partition coefficient (Wildman–Crippen LogP) is 3.91. The predicted molar refractivity (Wildman–Crippen MR) is 107 cm³/mol. The van der Waals surface area contributed by atoms with Gasteiger partial charge in [0, 0.05) is 24.5 Å². The largest absolute Gasteiger partial charge is 0.492 e. The van der Waals surface area contributed by atoms with Gasteiger partial charge >= 0.3 is 0 Å². The van der Waals surface area contributed by atoms with Crippen molar-refractivity contribution in [3.05, 3.63) is 45.6 Å². The van der Waals surface area contributed by atoms with Crippen LogP contribution in [0.2, 0.25) is 5.02 Å². The van der Waals surface area contributed by atoms with Gasteiger partial charge in [-0.25, -0.2) is 4.98 Å². The Morgan fingerprint density at radius 3 is 2.70 bits per heavy atom. The number of morpholine rings is 1. The van der Waals surface area contributed by atoms with E-state index in [-0.39, 0.29) is 24.1 Å². The molecule has 2 aromatic heterocycles. The molecule has 1 aromatic carbocycles. The molecule has 0 bridgehead atoms. The summed E-state index contributed by atoms with van der Waals surface area (Å²) in [4.78, 5) is 8.40. The highest BCUT2D eigenvalue weighted by Gasteiger charge is 2.34. The Labute approximate surface area is 167 Å². The zero-order valence-corrected chi connectivity index (χ0v) is 17.2. The van der Waals surface area contributed by atoms with Crippen LogP contribution in [0.5, 0.6) is 5.88 Å². The topological polar surface area (TPSA) is 62.9 Å². The van der Waals surface area contributed by atoms with Gasteiger partial charge in [-0.3, -0.25) is 4.90 Å². The molecule has 1 fully saturated rings. The molecular weight excluding hydrogens is 384 g/mol. The molecule has 1 saturated heterocycles. The van der Waals surface area contributed by atoms with E-state index in [1.807, 2.05) is 31.2 Å². The highest BCUT2D eigenvalue weighted by atomic mass is 35.5. The molecule has 3 atom stereocenters. The minimum atomic E-state index is -0.129. The Bertz CT molecular complexity index is 946. The van der Waals surface area contributed by atoms with Crippen molar-refractivity contribution < 1.29 is 9.84 Å². The molecule has 6 nitrogen and oxygen atoms in total. The van der Waals surface area contributed by atoms with Crippen LogP contribution in [-0.4, -0.2) is 49.9 Å². The number of hydrogen-bond donors (Lipinski definition) is 1. The monoisotopic (exact) mass is 406 g/mol. The number of rotatable bonds is 4. The second-order valence-electron chi connectivity index (χ2n) is 7.03. The molecular formula is C19H23ClN4O2S. The summed E-state index contributed by atoms with van der Waals surface area (Å²) in [6.45, 7) is 7.70. The fraction of sp³-hybridized carbons (Fsp3) is 0.474. The van der Waals surface area contributed by atoms with Gasteiger partial charge in [-0.1, -0.05) is 42.0 Å². The molecule has 1 aliphatic rings. The maximum absolute atomic E-state index is 10.9. The van der Waals surface area contributed by atoms with Gasteiger partial charge in [-0.15, -0.1) is 5.10 Å². The standard InChI is InChI=1S/C19H23ClN4O2S/c1-4-15-21-19-24(22-15)18(25)17(27-19)16(13-6-5-7-14(20)8-13)23-9-11(2)26-12(3)10-23/h5-8,11-12,16,25H,4,9-10H2,1-3H3. The first kappa shape index (κ1) is 18.7. The minimum absolute atomic E-state index is 0.117. The van der Waals surface area contributed by atoms with Crippen LogP contribution in [0.15, 0.2) is 24.3 Å². The molecule has 8 heteroatoms. The van der Waals surface area contributed by atoms with E-state index < -0.39 is 0 Å². The third kappa shape index (κ3) is 3.57. The maximum atomic E-state index is 10.9. The van der Waals surface area contributed by atoms with Gasteiger partial charge < -0.3 is 9.84 Å². The third-order valence-corrected chi connectivity index (χ3v) is 6.09. The average molecular weight is 407 g/mol. The van der Waals surface area contributed by atoms with E-state index in [4.69, 9.17) is 16.3 Å². The van der Waals surface area contributed by atoms with Crippen LogP contribution in [0.4, 0.5) is 0 Å². The van der Waals surface area contributed by atoms with Crippen molar-refractivity contribution in [2.24, 2.45) is 0 Å². The lowest BCUT2D eigenvalue weighted by Crippen LogP contribution is -2.47. The number of halogens is 1. The summed E-state index contributed by atoms with van der Waals surface area (Å²) in [6, 6.07) is 7.69. The SMILES string of the molecule is CCc1nc2sc(C(c3cccc(Cl)c3)N3CC(C)OC(C)C3)c(O)n2n1. The summed E-state index contributed by atoms with van der Waals surface area (Å²) in [5, 5.41) is 16.0. The van der Waals surface area contributed by atoms with Crippen LogP contribution in [0.1, 0.15) is 43.1 Å². The summed E-state index contributed by atoms with van der Waals surface area (Å²) >= 11 is 7.76. The molecule has 144 valence electrons. The van der Waals surface area contributed by atoms with Crippen LogP contribution in [-0.2, 0) is 11.2 Å². The fourth-order valence-electron chi connectivity index (χ4n) is 3.75. The van der Waals surface area contributed by atoms with Gasteiger partial charge in [0.05, 0.1) is 23.1 Å². The molecule has 0 radical (unpaired) electrons. The molecule has 1 aliphatic heterocycles. The van der Waals surface area contributed by atoms with Crippen LogP contribution >= 0.6 is 22.9 Å². The van der Waals surface area contributed by atoms with Gasteiger partial charge in [-0.05, 0) is 31.5 Å². The molecule has 3 heterocycles. The van der Waals surface area contributed by atoms with Gasteiger partial charge in [0.2, 0.25) is 10.8 Å². The van der Waals surface area contributed by atoms with Crippen LogP contribution in [0.25, 0.3) is 4.96 Å². The number of thiazole rings is 1. The van der Waals surface area contributed by atoms with Gasteiger partial charge in [0.15, 0.2) is 5.82 Å². The Morgan fingerprint density at radius 2 is 2.07 bits per heavy atom. The first-order valence-electron chi connectivity index (χ1n) is 9.18.